The van der Waals surface area contributed by atoms with E-state index in [1.807, 2.05) is 30.9 Å². The van der Waals surface area contributed by atoms with Gasteiger partial charge in [0.15, 0.2) is 0 Å². The second-order valence-corrected chi connectivity index (χ2v) is 5.10. The molecular weight excluding hydrogens is 242 g/mol. The average Bonchev–Trinajstić information content (AvgIpc) is 2.82. The van der Waals surface area contributed by atoms with Gasteiger partial charge >= 0.3 is 5.97 Å². The van der Waals surface area contributed by atoms with Gasteiger partial charge in [-0.15, -0.1) is 0 Å². The van der Waals surface area contributed by atoms with E-state index >= 15 is 0 Å². The van der Waals surface area contributed by atoms with Crippen molar-refractivity contribution in [2.75, 3.05) is 26.2 Å². The van der Waals surface area contributed by atoms with Gasteiger partial charge in [-0.1, -0.05) is 0 Å². The standard InChI is InChI=1S/C14H23N3O2/c1-3-19-14(18)12-5-4-8-17(11-12)9-6-13-15-7-10-16(13)2/h7,10,12H,3-6,8-9,11H2,1-2H3/t12-/m1/s1. The normalized spacial score (nSPS) is 20.4. The Labute approximate surface area is 114 Å². The lowest BCUT2D eigenvalue weighted by Gasteiger charge is -2.31. The van der Waals surface area contributed by atoms with Gasteiger partial charge in [-0.05, 0) is 26.3 Å². The number of nitrogens with zero attached hydrogens (tertiary/aromatic N) is 3. The summed E-state index contributed by atoms with van der Waals surface area (Å²) in [4.78, 5) is 18.4. The van der Waals surface area contributed by atoms with Crippen molar-refractivity contribution in [3.63, 3.8) is 0 Å². The second-order valence-electron chi connectivity index (χ2n) is 5.10. The molecule has 0 unspecified atom stereocenters. The lowest BCUT2D eigenvalue weighted by Crippen LogP contribution is -2.40. The van der Waals surface area contributed by atoms with Crippen molar-refractivity contribution in [1.82, 2.24) is 14.5 Å². The summed E-state index contributed by atoms with van der Waals surface area (Å²) in [5, 5.41) is 0. The molecule has 5 nitrogen and oxygen atoms in total. The molecule has 19 heavy (non-hydrogen) atoms. The minimum Gasteiger partial charge on any atom is -0.466 e. The smallest absolute Gasteiger partial charge is 0.310 e. The highest BCUT2D eigenvalue weighted by Crippen LogP contribution is 2.18. The van der Waals surface area contributed by atoms with Crippen molar-refractivity contribution in [2.24, 2.45) is 13.0 Å². The Balaban J connectivity index is 1.81. The van der Waals surface area contributed by atoms with E-state index in [1.54, 1.807) is 0 Å². The van der Waals surface area contributed by atoms with Crippen LogP contribution < -0.4 is 0 Å². The molecule has 1 fully saturated rings. The van der Waals surface area contributed by atoms with E-state index in [1.165, 1.54) is 0 Å². The van der Waals surface area contributed by atoms with Crippen LogP contribution in [0.2, 0.25) is 0 Å². The molecule has 0 amide bonds. The number of carbonyl (C=O) groups excluding carboxylic acids is 1. The molecule has 0 radical (unpaired) electrons. The summed E-state index contributed by atoms with van der Waals surface area (Å²) in [5.74, 6) is 1.11. The van der Waals surface area contributed by atoms with Crippen LogP contribution in [-0.2, 0) is 23.0 Å². The van der Waals surface area contributed by atoms with Gasteiger partial charge in [0, 0.05) is 39.0 Å². The molecule has 1 atom stereocenters. The number of carbonyl (C=O) groups is 1. The molecule has 1 aromatic heterocycles. The molecule has 0 spiro atoms. The maximum absolute atomic E-state index is 11.8. The van der Waals surface area contributed by atoms with Gasteiger partial charge in [0.2, 0.25) is 0 Å². The predicted octanol–water partition coefficient (Wildman–Crippen LogP) is 1.24. The molecule has 2 heterocycles. The highest BCUT2D eigenvalue weighted by molar-refractivity contribution is 5.72. The molecule has 2 rings (SSSR count). The van der Waals surface area contributed by atoms with Gasteiger partial charge in [-0.3, -0.25) is 4.79 Å². The minimum atomic E-state index is -0.0378. The highest BCUT2D eigenvalue weighted by Gasteiger charge is 2.26. The van der Waals surface area contributed by atoms with E-state index in [0.717, 1.165) is 44.7 Å². The van der Waals surface area contributed by atoms with E-state index in [0.29, 0.717) is 6.61 Å². The lowest BCUT2D eigenvalue weighted by molar-refractivity contribution is -0.149. The number of hydrogen-bond acceptors (Lipinski definition) is 4. The first-order chi connectivity index (χ1) is 9.20. The number of likely N-dealkylation sites (tertiary alicyclic amines) is 1. The Morgan fingerprint density at radius 1 is 1.58 bits per heavy atom. The fourth-order valence-corrected chi connectivity index (χ4v) is 2.61. The Bertz CT molecular complexity index is 417. The zero-order valence-corrected chi connectivity index (χ0v) is 11.8. The van der Waals surface area contributed by atoms with E-state index < -0.39 is 0 Å². The van der Waals surface area contributed by atoms with E-state index in [2.05, 4.69) is 9.88 Å². The zero-order valence-electron chi connectivity index (χ0n) is 11.8. The fourth-order valence-electron chi connectivity index (χ4n) is 2.61. The topological polar surface area (TPSA) is 47.4 Å². The summed E-state index contributed by atoms with van der Waals surface area (Å²) < 4.78 is 7.17. The summed E-state index contributed by atoms with van der Waals surface area (Å²) in [6, 6.07) is 0. The van der Waals surface area contributed by atoms with Gasteiger partial charge in [-0.25, -0.2) is 4.98 Å². The fraction of sp³-hybridized carbons (Fsp3) is 0.714. The van der Waals surface area contributed by atoms with E-state index in [-0.39, 0.29) is 11.9 Å². The summed E-state index contributed by atoms with van der Waals surface area (Å²) >= 11 is 0. The molecule has 106 valence electrons. The predicted molar refractivity (Wildman–Crippen MR) is 72.7 cm³/mol. The number of piperidine rings is 1. The zero-order chi connectivity index (χ0) is 13.7. The molecule has 1 aliphatic heterocycles. The monoisotopic (exact) mass is 265 g/mol. The Morgan fingerprint density at radius 3 is 3.11 bits per heavy atom. The van der Waals surface area contributed by atoms with Gasteiger partial charge < -0.3 is 14.2 Å². The number of aromatic nitrogens is 2. The van der Waals surface area contributed by atoms with Crippen LogP contribution in [0.5, 0.6) is 0 Å². The van der Waals surface area contributed by atoms with E-state index in [4.69, 9.17) is 4.74 Å². The first-order valence-electron chi connectivity index (χ1n) is 7.06. The van der Waals surface area contributed by atoms with Gasteiger partial charge in [0.05, 0.1) is 12.5 Å². The maximum atomic E-state index is 11.8. The van der Waals surface area contributed by atoms with Crippen molar-refractivity contribution in [2.45, 2.75) is 26.2 Å². The number of rotatable bonds is 5. The molecule has 0 N–H and O–H groups in total. The number of hydrogen-bond donors (Lipinski definition) is 0. The Hall–Kier alpha value is -1.36. The van der Waals surface area contributed by atoms with Crippen molar-refractivity contribution in [1.29, 1.82) is 0 Å². The Morgan fingerprint density at radius 2 is 2.42 bits per heavy atom. The number of ether oxygens (including phenoxy) is 1. The minimum absolute atomic E-state index is 0.0378. The maximum Gasteiger partial charge on any atom is 0.310 e. The van der Waals surface area contributed by atoms with Crippen LogP contribution in [0.3, 0.4) is 0 Å². The molecule has 0 aromatic carbocycles. The summed E-state index contributed by atoms with van der Waals surface area (Å²) in [5.41, 5.74) is 0. The number of aryl methyl sites for hydroxylation is 1. The van der Waals surface area contributed by atoms with Gasteiger partial charge in [0.1, 0.15) is 5.82 Å². The van der Waals surface area contributed by atoms with Crippen LogP contribution >= 0.6 is 0 Å². The second kappa shape index (κ2) is 6.70. The first kappa shape index (κ1) is 14.1. The highest BCUT2D eigenvalue weighted by atomic mass is 16.5. The molecule has 5 heteroatoms. The number of esters is 1. The average molecular weight is 265 g/mol. The van der Waals surface area contributed by atoms with Gasteiger partial charge in [0.25, 0.3) is 0 Å². The number of imidazole rings is 1. The third-order valence-electron chi connectivity index (χ3n) is 3.70. The largest absolute Gasteiger partial charge is 0.466 e. The van der Waals surface area contributed by atoms with Crippen molar-refractivity contribution < 1.29 is 9.53 Å². The summed E-state index contributed by atoms with van der Waals surface area (Å²) in [6.07, 6.45) is 6.75. The van der Waals surface area contributed by atoms with Crippen LogP contribution in [0.1, 0.15) is 25.6 Å². The third kappa shape index (κ3) is 3.80. The van der Waals surface area contributed by atoms with Crippen molar-refractivity contribution in [3.05, 3.63) is 18.2 Å². The van der Waals surface area contributed by atoms with Gasteiger partial charge in [-0.2, -0.15) is 0 Å². The Kier molecular flexibility index (Phi) is 4.96. The van der Waals surface area contributed by atoms with Crippen LogP contribution in [0, 0.1) is 5.92 Å². The molecule has 0 saturated carbocycles. The van der Waals surface area contributed by atoms with Crippen LogP contribution in [0.15, 0.2) is 12.4 Å². The third-order valence-corrected chi connectivity index (χ3v) is 3.70. The first-order valence-corrected chi connectivity index (χ1v) is 7.06. The SMILES string of the molecule is CCOC(=O)[C@@H]1CCCN(CCc2nccn2C)C1. The molecular formula is C14H23N3O2. The van der Waals surface area contributed by atoms with Crippen molar-refractivity contribution in [3.8, 4) is 0 Å². The van der Waals surface area contributed by atoms with E-state index in [9.17, 15) is 4.79 Å². The molecule has 1 saturated heterocycles. The van der Waals surface area contributed by atoms with Crippen molar-refractivity contribution >= 4 is 5.97 Å². The summed E-state index contributed by atoms with van der Waals surface area (Å²) in [6.45, 7) is 5.19. The van der Waals surface area contributed by atoms with Crippen LogP contribution in [-0.4, -0.2) is 46.7 Å². The summed E-state index contributed by atoms with van der Waals surface area (Å²) in [7, 11) is 2.01. The molecule has 1 aliphatic rings. The van der Waals surface area contributed by atoms with Crippen LogP contribution in [0.25, 0.3) is 0 Å². The molecule has 0 aliphatic carbocycles. The molecule has 1 aromatic rings. The molecule has 0 bridgehead atoms. The van der Waals surface area contributed by atoms with Crippen LogP contribution in [0.4, 0.5) is 0 Å². The lowest BCUT2D eigenvalue weighted by atomic mass is 9.98. The quantitative estimate of drug-likeness (QED) is 0.752.